The molecule has 0 spiro atoms. The van der Waals surface area contributed by atoms with Crippen LogP contribution in [0.2, 0.25) is 0 Å². The number of benzene rings is 1. The maximum Gasteiger partial charge on any atom is 0.534 e. The summed E-state index contributed by atoms with van der Waals surface area (Å²) in [5.74, 6) is 8.69. The Morgan fingerprint density at radius 2 is 1.59 bits per heavy atom. The van der Waals surface area contributed by atoms with Gasteiger partial charge in [0.05, 0.1) is 13.2 Å². The molecule has 1 saturated carbocycles. The third-order valence-corrected chi connectivity index (χ3v) is 10.1. The van der Waals surface area contributed by atoms with Crippen molar-refractivity contribution in [1.29, 1.82) is 0 Å². The molecule has 12 nitrogen and oxygen atoms in total. The van der Waals surface area contributed by atoms with Gasteiger partial charge in [-0.05, 0) is 61.1 Å². The van der Waals surface area contributed by atoms with E-state index in [1.165, 1.54) is 0 Å². The molecular formula is C32H40N2O10S2. The Balaban J connectivity index is 0.914. The van der Waals surface area contributed by atoms with Gasteiger partial charge in [0.15, 0.2) is 0 Å². The second kappa shape index (κ2) is 19.3. The average Bonchev–Trinajstić information content (AvgIpc) is 3.58. The summed E-state index contributed by atoms with van der Waals surface area (Å²) in [5.41, 5.74) is 0.605. The Kier molecular flexibility index (Phi) is 14.9. The van der Waals surface area contributed by atoms with Crippen molar-refractivity contribution in [3.05, 3.63) is 29.8 Å². The first kappa shape index (κ1) is 35.4. The molecule has 14 heteroatoms. The van der Waals surface area contributed by atoms with Crippen LogP contribution in [0.25, 0.3) is 0 Å². The van der Waals surface area contributed by atoms with E-state index in [-0.39, 0.29) is 37.9 Å². The molecule has 4 rings (SSSR count). The predicted molar refractivity (Wildman–Crippen MR) is 170 cm³/mol. The van der Waals surface area contributed by atoms with Crippen molar-refractivity contribution in [2.24, 2.45) is 17.8 Å². The molecule has 250 valence electrons. The average molecular weight is 677 g/mol. The summed E-state index contributed by atoms with van der Waals surface area (Å²) in [6, 6.07) is 6.42. The highest BCUT2D eigenvalue weighted by atomic mass is 33.1. The van der Waals surface area contributed by atoms with Gasteiger partial charge in [0.2, 0.25) is 0 Å². The standard InChI is InChI=1S/C32H40N2O10S2/c35-28-14-15-29(36)34(28)44-32(39)42-21-23-10-12-24(13-11-23)43-30(37)9-5-19-45-46-20-18-40-17-6-16-33-31(38)41-22-27-25-7-3-1-2-4-8-26(25)27/h10-13,25-27H,3-9,14-22H2,(H,33,38). The van der Waals surface area contributed by atoms with Crippen molar-refractivity contribution in [1.82, 2.24) is 10.4 Å². The van der Waals surface area contributed by atoms with E-state index >= 15 is 0 Å². The molecule has 1 aromatic carbocycles. The Morgan fingerprint density at radius 3 is 2.30 bits per heavy atom. The molecule has 3 amide bonds. The van der Waals surface area contributed by atoms with Gasteiger partial charge in [-0.25, -0.2) is 9.59 Å². The SMILES string of the molecule is O=C(CCCSSCCOCCCNC(=O)OCC1C2CCC#CCCC21)Oc1ccc(COC(=O)ON2C(=O)CCC2=O)cc1. The van der Waals surface area contributed by atoms with Gasteiger partial charge in [0, 0.05) is 56.8 Å². The highest BCUT2D eigenvalue weighted by molar-refractivity contribution is 8.76. The zero-order chi connectivity index (χ0) is 32.6. The van der Waals surface area contributed by atoms with Gasteiger partial charge in [-0.15, -0.1) is 11.8 Å². The third kappa shape index (κ3) is 12.4. The lowest BCUT2D eigenvalue weighted by molar-refractivity contribution is -0.177. The number of rotatable bonds is 18. The number of carbonyl (C=O) groups is 5. The fourth-order valence-corrected chi connectivity index (χ4v) is 7.14. The van der Waals surface area contributed by atoms with Crippen molar-refractivity contribution < 1.29 is 47.8 Å². The summed E-state index contributed by atoms with van der Waals surface area (Å²) in [6.07, 6.45) is 4.31. The van der Waals surface area contributed by atoms with Crippen LogP contribution >= 0.6 is 21.6 Å². The van der Waals surface area contributed by atoms with Gasteiger partial charge in [0.25, 0.3) is 11.8 Å². The van der Waals surface area contributed by atoms with E-state index in [2.05, 4.69) is 22.0 Å². The normalized spacial score (nSPS) is 20.0. The summed E-state index contributed by atoms with van der Waals surface area (Å²) in [5, 5.41) is 3.21. The lowest BCUT2D eigenvalue weighted by Crippen LogP contribution is -2.32. The maximum absolute atomic E-state index is 12.1. The van der Waals surface area contributed by atoms with Crippen molar-refractivity contribution in [3.8, 4) is 17.6 Å². The molecule has 0 bridgehead atoms. The number of nitrogens with zero attached hydrogens (tertiary/aromatic N) is 1. The number of nitrogens with one attached hydrogen (secondary N) is 1. The number of alkyl carbamates (subject to hydrolysis) is 1. The van der Waals surface area contributed by atoms with Crippen molar-refractivity contribution in [2.45, 2.75) is 64.4 Å². The zero-order valence-corrected chi connectivity index (χ0v) is 27.3. The molecule has 3 aliphatic rings. The number of imide groups is 1. The maximum atomic E-state index is 12.1. The van der Waals surface area contributed by atoms with E-state index in [1.807, 2.05) is 0 Å². The van der Waals surface area contributed by atoms with E-state index in [1.54, 1.807) is 45.9 Å². The van der Waals surface area contributed by atoms with E-state index in [0.29, 0.717) is 66.9 Å². The van der Waals surface area contributed by atoms with Gasteiger partial charge in [-0.2, -0.15) is 0 Å². The molecule has 1 heterocycles. The second-order valence-electron chi connectivity index (χ2n) is 11.0. The van der Waals surface area contributed by atoms with Crippen molar-refractivity contribution in [2.75, 3.05) is 37.9 Å². The van der Waals surface area contributed by atoms with Crippen LogP contribution in [0, 0.1) is 29.6 Å². The predicted octanol–water partition coefficient (Wildman–Crippen LogP) is 5.04. The smallest absolute Gasteiger partial charge is 0.449 e. The van der Waals surface area contributed by atoms with Crippen molar-refractivity contribution >= 4 is 51.6 Å². The Morgan fingerprint density at radius 1 is 0.891 bits per heavy atom. The van der Waals surface area contributed by atoms with Crippen LogP contribution in [-0.4, -0.2) is 73.0 Å². The molecule has 0 radical (unpaired) electrons. The molecule has 0 aromatic heterocycles. The number of fused-ring (bicyclic) bond motifs is 1. The summed E-state index contributed by atoms with van der Waals surface area (Å²) < 4.78 is 21.3. The first-order valence-corrected chi connectivity index (χ1v) is 18.1. The van der Waals surface area contributed by atoms with E-state index in [0.717, 1.165) is 43.6 Å². The second-order valence-corrected chi connectivity index (χ2v) is 13.7. The van der Waals surface area contributed by atoms with Gasteiger partial charge in [0.1, 0.15) is 12.4 Å². The van der Waals surface area contributed by atoms with Gasteiger partial charge >= 0.3 is 18.2 Å². The summed E-state index contributed by atoms with van der Waals surface area (Å²) in [4.78, 5) is 63.4. The minimum Gasteiger partial charge on any atom is -0.449 e. The first-order chi connectivity index (χ1) is 22.4. The number of ether oxygens (including phenoxy) is 4. The summed E-state index contributed by atoms with van der Waals surface area (Å²) in [6.45, 7) is 2.04. The van der Waals surface area contributed by atoms with E-state index in [9.17, 15) is 24.0 Å². The van der Waals surface area contributed by atoms with Gasteiger partial charge in [-0.1, -0.05) is 38.8 Å². The Bertz CT molecular complexity index is 1230. The summed E-state index contributed by atoms with van der Waals surface area (Å²) in [7, 11) is 3.35. The minimum atomic E-state index is -1.16. The molecule has 2 aliphatic carbocycles. The molecule has 2 atom stereocenters. The van der Waals surface area contributed by atoms with Gasteiger partial charge in [-0.3, -0.25) is 19.2 Å². The number of hydrogen-bond donors (Lipinski definition) is 1. The fourth-order valence-electron chi connectivity index (χ4n) is 5.20. The molecule has 1 saturated heterocycles. The number of hydrogen-bond acceptors (Lipinski definition) is 12. The lowest BCUT2D eigenvalue weighted by atomic mass is 10.1. The van der Waals surface area contributed by atoms with Crippen LogP contribution in [0.4, 0.5) is 9.59 Å². The Hall–Kier alpha value is -3.41. The minimum absolute atomic E-state index is 0.0000146. The largest absolute Gasteiger partial charge is 0.534 e. The fraction of sp³-hybridized carbons (Fsp3) is 0.594. The van der Waals surface area contributed by atoms with Crippen LogP contribution < -0.4 is 10.1 Å². The van der Waals surface area contributed by atoms with Crippen LogP contribution in [0.1, 0.15) is 63.4 Å². The molecule has 1 N–H and O–H groups in total. The molecule has 46 heavy (non-hydrogen) atoms. The molecule has 1 aromatic rings. The number of esters is 1. The number of hydroxylamine groups is 2. The molecule has 1 aliphatic heterocycles. The number of amides is 3. The highest BCUT2D eigenvalue weighted by Gasteiger charge is 2.49. The third-order valence-electron chi connectivity index (χ3n) is 7.67. The first-order valence-electron chi connectivity index (χ1n) is 15.6. The van der Waals surface area contributed by atoms with Crippen LogP contribution in [0.15, 0.2) is 24.3 Å². The quantitative estimate of drug-likeness (QED) is 0.0555. The van der Waals surface area contributed by atoms with E-state index < -0.39 is 18.0 Å². The van der Waals surface area contributed by atoms with Gasteiger partial charge < -0.3 is 24.3 Å². The molecule has 2 fully saturated rings. The molecular weight excluding hydrogens is 636 g/mol. The highest BCUT2D eigenvalue weighted by Crippen LogP contribution is 2.52. The monoisotopic (exact) mass is 676 g/mol. The zero-order valence-electron chi connectivity index (χ0n) is 25.7. The van der Waals surface area contributed by atoms with Crippen LogP contribution in [0.5, 0.6) is 5.75 Å². The topological polar surface area (TPSA) is 147 Å². The summed E-state index contributed by atoms with van der Waals surface area (Å²) >= 11 is 0. The van der Waals surface area contributed by atoms with Crippen LogP contribution in [0.3, 0.4) is 0 Å². The van der Waals surface area contributed by atoms with Crippen LogP contribution in [-0.2, 0) is 40.0 Å². The Labute approximate surface area is 276 Å². The molecule has 2 unspecified atom stereocenters. The number of carbonyl (C=O) groups excluding carboxylic acids is 5. The van der Waals surface area contributed by atoms with E-state index in [4.69, 9.17) is 18.9 Å². The van der Waals surface area contributed by atoms with Crippen molar-refractivity contribution in [3.63, 3.8) is 0 Å². The lowest BCUT2D eigenvalue weighted by Gasteiger charge is -2.12.